The Balaban J connectivity index is 2.18. The maximum Gasteiger partial charge on any atom is 0.150 e. The summed E-state index contributed by atoms with van der Waals surface area (Å²) >= 11 is 0. The Hall–Kier alpha value is -0.350. The van der Waals surface area contributed by atoms with E-state index in [1.54, 1.807) is 0 Å². The zero-order valence-electron chi connectivity index (χ0n) is 7.99. The smallest absolute Gasteiger partial charge is 0.150 e. The van der Waals surface area contributed by atoms with E-state index >= 15 is 0 Å². The molecular weight excluding hydrogens is 186 g/mol. The van der Waals surface area contributed by atoms with E-state index in [0.29, 0.717) is 17.4 Å². The molecule has 1 heterocycles. The number of sulfone groups is 1. The van der Waals surface area contributed by atoms with Crippen LogP contribution in [0.25, 0.3) is 0 Å². The first-order valence-electron chi connectivity index (χ1n) is 4.66. The van der Waals surface area contributed by atoms with E-state index in [9.17, 15) is 8.42 Å². The third-order valence-corrected chi connectivity index (χ3v) is 4.09. The van der Waals surface area contributed by atoms with Crippen molar-refractivity contribution in [2.45, 2.75) is 13.3 Å². The maximum atomic E-state index is 11.1. The molecule has 1 atom stereocenters. The average molecular weight is 203 g/mol. The van der Waals surface area contributed by atoms with Crippen LogP contribution in [0, 0.1) is 5.92 Å². The van der Waals surface area contributed by atoms with Gasteiger partial charge in [0.05, 0.1) is 11.5 Å². The molecule has 1 saturated heterocycles. The lowest BCUT2D eigenvalue weighted by Gasteiger charge is -2.06. The molecule has 4 heteroatoms. The number of nitrogens with one attached hydrogen (secondary N) is 1. The van der Waals surface area contributed by atoms with Gasteiger partial charge in [-0.05, 0) is 25.8 Å². The first-order valence-corrected chi connectivity index (χ1v) is 6.48. The Morgan fingerprint density at radius 2 is 2.31 bits per heavy atom. The van der Waals surface area contributed by atoms with Crippen LogP contribution in [0.1, 0.15) is 13.3 Å². The quantitative estimate of drug-likeness (QED) is 0.537. The van der Waals surface area contributed by atoms with Crippen LogP contribution in [0.5, 0.6) is 0 Å². The van der Waals surface area contributed by atoms with Gasteiger partial charge < -0.3 is 5.32 Å². The number of hydrogen-bond donors (Lipinski definition) is 1. The summed E-state index contributed by atoms with van der Waals surface area (Å²) in [6.07, 6.45) is 4.84. The third kappa shape index (κ3) is 3.91. The molecule has 13 heavy (non-hydrogen) atoms. The molecule has 0 amide bonds. The lowest BCUT2D eigenvalue weighted by atomic mass is 10.1. The fraction of sp³-hybridized carbons (Fsp3) is 0.778. The van der Waals surface area contributed by atoms with Crippen LogP contribution in [0.2, 0.25) is 0 Å². The second-order valence-corrected chi connectivity index (χ2v) is 5.73. The third-order valence-electron chi connectivity index (χ3n) is 2.26. The monoisotopic (exact) mass is 203 g/mol. The van der Waals surface area contributed by atoms with E-state index in [1.165, 1.54) is 0 Å². The van der Waals surface area contributed by atoms with Gasteiger partial charge in [0, 0.05) is 6.54 Å². The molecule has 76 valence electrons. The van der Waals surface area contributed by atoms with Gasteiger partial charge in [-0.2, -0.15) is 0 Å². The molecule has 0 saturated carbocycles. The van der Waals surface area contributed by atoms with Gasteiger partial charge in [0.25, 0.3) is 0 Å². The van der Waals surface area contributed by atoms with Crippen molar-refractivity contribution in [1.82, 2.24) is 5.32 Å². The Bertz CT molecular complexity index is 269. The van der Waals surface area contributed by atoms with Crippen LogP contribution < -0.4 is 5.32 Å². The van der Waals surface area contributed by atoms with Gasteiger partial charge in [-0.1, -0.05) is 12.2 Å². The zero-order valence-corrected chi connectivity index (χ0v) is 8.81. The lowest BCUT2D eigenvalue weighted by Crippen LogP contribution is -2.23. The summed E-state index contributed by atoms with van der Waals surface area (Å²) in [4.78, 5) is 0. The van der Waals surface area contributed by atoms with Crippen LogP contribution in [0.15, 0.2) is 12.2 Å². The van der Waals surface area contributed by atoms with Crippen molar-refractivity contribution in [1.29, 1.82) is 0 Å². The van der Waals surface area contributed by atoms with Crippen LogP contribution in [-0.2, 0) is 9.84 Å². The van der Waals surface area contributed by atoms with Crippen LogP contribution >= 0.6 is 0 Å². The normalized spacial score (nSPS) is 27.0. The maximum absolute atomic E-state index is 11.1. The highest BCUT2D eigenvalue weighted by molar-refractivity contribution is 7.91. The van der Waals surface area contributed by atoms with Crippen molar-refractivity contribution in [3.05, 3.63) is 12.2 Å². The van der Waals surface area contributed by atoms with Crippen molar-refractivity contribution in [3.63, 3.8) is 0 Å². The Labute approximate surface area is 80.1 Å². The fourth-order valence-electron chi connectivity index (χ4n) is 1.52. The van der Waals surface area contributed by atoms with E-state index in [4.69, 9.17) is 0 Å². The first-order chi connectivity index (χ1) is 6.14. The molecule has 1 aliphatic rings. The van der Waals surface area contributed by atoms with Crippen molar-refractivity contribution < 1.29 is 8.42 Å². The Morgan fingerprint density at radius 3 is 2.85 bits per heavy atom. The van der Waals surface area contributed by atoms with Crippen LogP contribution in [-0.4, -0.2) is 33.0 Å². The number of hydrogen-bond acceptors (Lipinski definition) is 3. The highest BCUT2D eigenvalue weighted by Gasteiger charge is 2.26. The van der Waals surface area contributed by atoms with Gasteiger partial charge in [-0.3, -0.25) is 0 Å². The molecule has 0 radical (unpaired) electrons. The molecular formula is C9H17NO2S. The van der Waals surface area contributed by atoms with E-state index in [2.05, 4.69) is 5.32 Å². The highest BCUT2D eigenvalue weighted by Crippen LogP contribution is 2.16. The minimum absolute atomic E-state index is 0.329. The molecule has 0 aromatic heterocycles. The Kier molecular flexibility index (Phi) is 3.93. The summed E-state index contributed by atoms with van der Waals surface area (Å²) in [5, 5.41) is 3.21. The minimum atomic E-state index is -2.70. The molecule has 0 aromatic rings. The van der Waals surface area contributed by atoms with Gasteiger partial charge in [0.1, 0.15) is 0 Å². The molecule has 0 bridgehead atoms. The van der Waals surface area contributed by atoms with Crippen molar-refractivity contribution in [2.24, 2.45) is 5.92 Å². The van der Waals surface area contributed by atoms with Gasteiger partial charge in [-0.25, -0.2) is 8.42 Å². The molecule has 0 spiro atoms. The molecule has 1 fully saturated rings. The van der Waals surface area contributed by atoms with E-state index in [1.807, 2.05) is 19.1 Å². The number of rotatable bonds is 4. The summed E-state index contributed by atoms with van der Waals surface area (Å²) in [5.74, 6) is 1.08. The van der Waals surface area contributed by atoms with Crippen LogP contribution in [0.4, 0.5) is 0 Å². The fourth-order valence-corrected chi connectivity index (χ4v) is 3.38. The first kappa shape index (κ1) is 10.7. The van der Waals surface area contributed by atoms with Gasteiger partial charge >= 0.3 is 0 Å². The molecule has 3 nitrogen and oxygen atoms in total. The largest absolute Gasteiger partial charge is 0.313 e. The van der Waals surface area contributed by atoms with Crippen molar-refractivity contribution in [3.8, 4) is 0 Å². The zero-order chi connectivity index (χ0) is 9.73. The average Bonchev–Trinajstić information content (AvgIpc) is 2.40. The second kappa shape index (κ2) is 4.77. The summed E-state index contributed by atoms with van der Waals surface area (Å²) < 4.78 is 22.2. The Morgan fingerprint density at radius 1 is 1.54 bits per heavy atom. The van der Waals surface area contributed by atoms with Gasteiger partial charge in [0.15, 0.2) is 9.84 Å². The highest BCUT2D eigenvalue weighted by atomic mass is 32.2. The second-order valence-electron chi connectivity index (χ2n) is 3.50. The van der Waals surface area contributed by atoms with E-state index in [0.717, 1.165) is 19.5 Å². The van der Waals surface area contributed by atoms with E-state index in [-0.39, 0.29) is 0 Å². The summed E-state index contributed by atoms with van der Waals surface area (Å²) in [5.41, 5.74) is 0. The molecule has 0 aliphatic carbocycles. The number of allylic oxidation sites excluding steroid dienone is 1. The SMILES string of the molecule is C/C=C/CNCC1CCS(=O)(=O)C1. The summed E-state index contributed by atoms with van der Waals surface area (Å²) in [6.45, 7) is 3.64. The predicted molar refractivity (Wildman–Crippen MR) is 54.4 cm³/mol. The molecule has 1 rings (SSSR count). The van der Waals surface area contributed by atoms with Crippen molar-refractivity contribution >= 4 is 9.84 Å². The molecule has 1 unspecified atom stereocenters. The molecule has 1 N–H and O–H groups in total. The predicted octanol–water partition coefficient (Wildman–Crippen LogP) is 0.587. The van der Waals surface area contributed by atoms with Gasteiger partial charge in [-0.15, -0.1) is 0 Å². The van der Waals surface area contributed by atoms with E-state index < -0.39 is 9.84 Å². The summed E-state index contributed by atoms with van der Waals surface area (Å²) in [7, 11) is -2.70. The molecule has 1 aliphatic heterocycles. The van der Waals surface area contributed by atoms with Crippen molar-refractivity contribution in [2.75, 3.05) is 24.6 Å². The minimum Gasteiger partial charge on any atom is -0.313 e. The summed E-state index contributed by atoms with van der Waals surface area (Å²) in [6, 6.07) is 0. The molecule has 0 aromatic carbocycles. The standard InChI is InChI=1S/C9H17NO2S/c1-2-3-5-10-7-9-4-6-13(11,12)8-9/h2-3,9-10H,4-8H2,1H3/b3-2+. The van der Waals surface area contributed by atoms with Gasteiger partial charge in [0.2, 0.25) is 0 Å². The van der Waals surface area contributed by atoms with Crippen LogP contribution in [0.3, 0.4) is 0 Å². The lowest BCUT2D eigenvalue weighted by molar-refractivity contribution is 0.539. The topological polar surface area (TPSA) is 46.2 Å².